The Hall–Kier alpha value is -3.22. The van der Waals surface area contributed by atoms with Crippen molar-refractivity contribution in [2.75, 3.05) is 18.4 Å². The summed E-state index contributed by atoms with van der Waals surface area (Å²) in [6.45, 7) is 10.9. The molecule has 1 saturated heterocycles. The Morgan fingerprint density at radius 2 is 1.67 bits per heavy atom. The van der Waals surface area contributed by atoms with Crippen molar-refractivity contribution >= 4 is 23.5 Å². The number of likely N-dealkylation sites (tertiary alicyclic amines) is 1. The van der Waals surface area contributed by atoms with Gasteiger partial charge < -0.3 is 15.5 Å². The minimum absolute atomic E-state index is 0.0117. The Balaban J connectivity index is 1.49. The maximum Gasteiger partial charge on any atom is 0.251 e. The SMILES string of the molecule is Cc1cccc(NC(=O)C2CCN(C(=O)C(C)NC(=O)c3ccc(C(C)(C)C)cc3)CC2)n1. The van der Waals surface area contributed by atoms with E-state index in [-0.39, 0.29) is 29.1 Å². The van der Waals surface area contributed by atoms with Crippen LogP contribution in [0.25, 0.3) is 0 Å². The van der Waals surface area contributed by atoms with Crippen molar-refractivity contribution in [1.29, 1.82) is 0 Å². The fraction of sp³-hybridized carbons (Fsp3) is 0.462. The molecule has 0 saturated carbocycles. The molecular weight excluding hydrogens is 416 g/mol. The Bertz CT molecular complexity index is 1000. The Morgan fingerprint density at radius 3 is 2.24 bits per heavy atom. The van der Waals surface area contributed by atoms with E-state index in [4.69, 9.17) is 0 Å². The van der Waals surface area contributed by atoms with Gasteiger partial charge in [0.05, 0.1) is 0 Å². The van der Waals surface area contributed by atoms with Crippen LogP contribution in [-0.4, -0.2) is 46.7 Å². The van der Waals surface area contributed by atoms with Crippen molar-refractivity contribution < 1.29 is 14.4 Å². The molecule has 7 heteroatoms. The number of aromatic nitrogens is 1. The van der Waals surface area contributed by atoms with Gasteiger partial charge in [-0.1, -0.05) is 39.0 Å². The Labute approximate surface area is 196 Å². The molecule has 1 unspecified atom stereocenters. The van der Waals surface area contributed by atoms with E-state index in [0.717, 1.165) is 11.3 Å². The van der Waals surface area contributed by atoms with Crippen molar-refractivity contribution in [3.8, 4) is 0 Å². The molecular formula is C26H34N4O3. The molecule has 1 fully saturated rings. The van der Waals surface area contributed by atoms with Crippen LogP contribution in [0.4, 0.5) is 5.82 Å². The number of nitrogens with one attached hydrogen (secondary N) is 2. The number of rotatable bonds is 5. The summed E-state index contributed by atoms with van der Waals surface area (Å²) in [7, 11) is 0. The lowest BCUT2D eigenvalue weighted by Crippen LogP contribution is -2.50. The lowest BCUT2D eigenvalue weighted by Gasteiger charge is -2.33. The lowest BCUT2D eigenvalue weighted by atomic mass is 9.86. The van der Waals surface area contributed by atoms with Crippen LogP contribution in [0, 0.1) is 12.8 Å². The van der Waals surface area contributed by atoms with Gasteiger partial charge in [-0.05, 0) is 61.9 Å². The summed E-state index contributed by atoms with van der Waals surface area (Å²) in [4.78, 5) is 44.1. The van der Waals surface area contributed by atoms with Crippen LogP contribution in [0.5, 0.6) is 0 Å². The van der Waals surface area contributed by atoms with Crippen LogP contribution >= 0.6 is 0 Å². The number of carbonyl (C=O) groups excluding carboxylic acids is 3. The fourth-order valence-corrected chi connectivity index (χ4v) is 3.94. The lowest BCUT2D eigenvalue weighted by molar-refractivity contribution is -0.135. The first-order valence-electron chi connectivity index (χ1n) is 11.5. The minimum Gasteiger partial charge on any atom is -0.341 e. The molecule has 1 aliphatic rings. The monoisotopic (exact) mass is 450 g/mol. The predicted octanol–water partition coefficient (Wildman–Crippen LogP) is 3.68. The van der Waals surface area contributed by atoms with E-state index in [1.54, 1.807) is 30.0 Å². The van der Waals surface area contributed by atoms with Gasteiger partial charge in [0.25, 0.3) is 5.91 Å². The number of carbonyl (C=O) groups is 3. The molecule has 1 atom stereocenters. The zero-order chi connectivity index (χ0) is 24.2. The van der Waals surface area contributed by atoms with Crippen molar-refractivity contribution in [1.82, 2.24) is 15.2 Å². The number of pyridine rings is 1. The number of benzene rings is 1. The number of amides is 3. The molecule has 3 rings (SSSR count). The average Bonchev–Trinajstić information content (AvgIpc) is 2.78. The molecule has 1 aliphatic heterocycles. The zero-order valence-electron chi connectivity index (χ0n) is 20.1. The Morgan fingerprint density at radius 1 is 1.03 bits per heavy atom. The van der Waals surface area contributed by atoms with Gasteiger partial charge in [-0.2, -0.15) is 0 Å². The van der Waals surface area contributed by atoms with Gasteiger partial charge in [0, 0.05) is 30.3 Å². The second kappa shape index (κ2) is 10.1. The van der Waals surface area contributed by atoms with Crippen LogP contribution in [-0.2, 0) is 15.0 Å². The molecule has 0 spiro atoms. The van der Waals surface area contributed by atoms with E-state index >= 15 is 0 Å². The largest absolute Gasteiger partial charge is 0.341 e. The van der Waals surface area contributed by atoms with Crippen LogP contribution < -0.4 is 10.6 Å². The molecule has 2 N–H and O–H groups in total. The summed E-state index contributed by atoms with van der Waals surface area (Å²) in [5.74, 6) is -0.0849. The second-order valence-electron chi connectivity index (χ2n) is 9.78. The topological polar surface area (TPSA) is 91.4 Å². The number of hydrogen-bond donors (Lipinski definition) is 2. The van der Waals surface area contributed by atoms with E-state index in [2.05, 4.69) is 36.4 Å². The van der Waals surface area contributed by atoms with E-state index in [1.165, 1.54) is 0 Å². The maximum absolute atomic E-state index is 12.9. The molecule has 2 heterocycles. The summed E-state index contributed by atoms with van der Waals surface area (Å²) in [5.41, 5.74) is 2.53. The average molecular weight is 451 g/mol. The Kier molecular flexibility index (Phi) is 7.51. The number of hydrogen-bond acceptors (Lipinski definition) is 4. The highest BCUT2D eigenvalue weighted by molar-refractivity contribution is 5.97. The van der Waals surface area contributed by atoms with Crippen molar-refractivity contribution in [3.63, 3.8) is 0 Å². The van der Waals surface area contributed by atoms with E-state index in [9.17, 15) is 14.4 Å². The van der Waals surface area contributed by atoms with Gasteiger partial charge in [-0.3, -0.25) is 14.4 Å². The summed E-state index contributed by atoms with van der Waals surface area (Å²) in [6, 6.07) is 12.3. The molecule has 1 aromatic heterocycles. The third kappa shape index (κ3) is 6.40. The smallest absolute Gasteiger partial charge is 0.251 e. The number of nitrogens with zero attached hydrogens (tertiary/aromatic N) is 2. The van der Waals surface area contributed by atoms with Crippen molar-refractivity contribution in [2.24, 2.45) is 5.92 Å². The van der Waals surface area contributed by atoms with Gasteiger partial charge in [0.1, 0.15) is 11.9 Å². The number of anilines is 1. The van der Waals surface area contributed by atoms with Crippen LogP contribution in [0.15, 0.2) is 42.5 Å². The first-order valence-corrected chi connectivity index (χ1v) is 11.5. The van der Waals surface area contributed by atoms with Gasteiger partial charge in [-0.25, -0.2) is 4.98 Å². The first kappa shape index (κ1) is 24.4. The minimum atomic E-state index is -0.637. The normalized spacial score (nSPS) is 15.6. The van der Waals surface area contributed by atoms with E-state index in [1.807, 2.05) is 31.2 Å². The predicted molar refractivity (Wildman–Crippen MR) is 129 cm³/mol. The molecule has 0 radical (unpaired) electrons. The fourth-order valence-electron chi connectivity index (χ4n) is 3.94. The molecule has 3 amide bonds. The van der Waals surface area contributed by atoms with Gasteiger partial charge >= 0.3 is 0 Å². The summed E-state index contributed by atoms with van der Waals surface area (Å²) in [6.07, 6.45) is 1.16. The molecule has 0 aliphatic carbocycles. The third-order valence-corrected chi connectivity index (χ3v) is 6.05. The molecule has 1 aromatic carbocycles. The van der Waals surface area contributed by atoms with E-state index < -0.39 is 6.04 Å². The van der Waals surface area contributed by atoms with Crippen molar-refractivity contribution in [2.45, 2.75) is 58.9 Å². The summed E-state index contributed by atoms with van der Waals surface area (Å²) in [5, 5.41) is 5.67. The summed E-state index contributed by atoms with van der Waals surface area (Å²) < 4.78 is 0. The molecule has 2 aromatic rings. The highest BCUT2D eigenvalue weighted by Gasteiger charge is 2.30. The highest BCUT2D eigenvalue weighted by Crippen LogP contribution is 2.22. The molecule has 176 valence electrons. The molecule has 0 bridgehead atoms. The number of aryl methyl sites for hydroxylation is 1. The van der Waals surface area contributed by atoms with Crippen LogP contribution in [0.2, 0.25) is 0 Å². The quantitative estimate of drug-likeness (QED) is 0.727. The van der Waals surface area contributed by atoms with Crippen LogP contribution in [0.1, 0.15) is 62.2 Å². The number of piperidine rings is 1. The molecule has 7 nitrogen and oxygen atoms in total. The van der Waals surface area contributed by atoms with E-state index in [0.29, 0.717) is 37.3 Å². The zero-order valence-corrected chi connectivity index (χ0v) is 20.1. The first-order chi connectivity index (χ1) is 15.5. The van der Waals surface area contributed by atoms with Gasteiger partial charge in [-0.15, -0.1) is 0 Å². The van der Waals surface area contributed by atoms with Crippen molar-refractivity contribution in [3.05, 3.63) is 59.3 Å². The third-order valence-electron chi connectivity index (χ3n) is 6.05. The second-order valence-corrected chi connectivity index (χ2v) is 9.78. The standard InChI is InChI=1S/C26H34N4O3/c1-17-7-6-8-22(27-17)29-24(32)20-13-15-30(16-14-20)25(33)18(2)28-23(31)19-9-11-21(12-10-19)26(3,4)5/h6-12,18,20H,13-16H2,1-5H3,(H,28,31)(H,27,29,32). The summed E-state index contributed by atoms with van der Waals surface area (Å²) >= 11 is 0. The highest BCUT2D eigenvalue weighted by atomic mass is 16.2. The van der Waals surface area contributed by atoms with Crippen LogP contribution in [0.3, 0.4) is 0 Å². The van der Waals surface area contributed by atoms with Gasteiger partial charge in [0.2, 0.25) is 11.8 Å². The molecule has 33 heavy (non-hydrogen) atoms. The maximum atomic E-state index is 12.9. The van der Waals surface area contributed by atoms with Gasteiger partial charge in [0.15, 0.2) is 0 Å².